The van der Waals surface area contributed by atoms with Crippen molar-refractivity contribution in [3.63, 3.8) is 0 Å². The molecule has 25 heavy (non-hydrogen) atoms. The Morgan fingerprint density at radius 2 is 1.76 bits per heavy atom. The van der Waals surface area contributed by atoms with Crippen molar-refractivity contribution in [3.8, 4) is 5.75 Å². The Morgan fingerprint density at radius 1 is 1.04 bits per heavy atom. The Bertz CT molecular complexity index is 694. The number of piperazine rings is 1. The fourth-order valence-corrected chi connectivity index (χ4v) is 3.17. The van der Waals surface area contributed by atoms with Crippen LogP contribution in [0.3, 0.4) is 0 Å². The van der Waals surface area contributed by atoms with Crippen LogP contribution in [0.15, 0.2) is 54.6 Å². The van der Waals surface area contributed by atoms with Crippen LogP contribution in [0.4, 0.5) is 0 Å². The molecule has 1 saturated heterocycles. The Labute approximate surface area is 150 Å². The first-order chi connectivity index (χ1) is 12.1. The summed E-state index contributed by atoms with van der Waals surface area (Å²) in [4.78, 5) is 16.9. The number of hydrogen-bond acceptors (Lipinski definition) is 3. The Balaban J connectivity index is 1.49. The molecular formula is C21H26N2O2. The zero-order valence-electron chi connectivity index (χ0n) is 15.0. The summed E-state index contributed by atoms with van der Waals surface area (Å²) in [5, 5.41) is 0. The molecule has 0 aromatic heterocycles. The van der Waals surface area contributed by atoms with Crippen molar-refractivity contribution in [1.82, 2.24) is 9.80 Å². The SMILES string of the molecule is Cc1cccc(O[C@@H](C)C(=O)N2CCN(Cc3ccccc3)CC2)c1. The van der Waals surface area contributed by atoms with E-state index in [4.69, 9.17) is 4.74 Å². The number of nitrogens with zero attached hydrogens (tertiary/aromatic N) is 2. The van der Waals surface area contributed by atoms with Crippen LogP contribution in [-0.4, -0.2) is 48.0 Å². The molecule has 1 aliphatic heterocycles. The average Bonchev–Trinajstić information content (AvgIpc) is 2.62. The molecule has 0 spiro atoms. The van der Waals surface area contributed by atoms with Gasteiger partial charge in [-0.15, -0.1) is 0 Å². The van der Waals surface area contributed by atoms with E-state index >= 15 is 0 Å². The molecule has 0 N–H and O–H groups in total. The maximum absolute atomic E-state index is 12.6. The first kappa shape index (κ1) is 17.5. The predicted octanol–water partition coefficient (Wildman–Crippen LogP) is 3.11. The lowest BCUT2D eigenvalue weighted by atomic mass is 10.2. The van der Waals surface area contributed by atoms with E-state index in [1.165, 1.54) is 5.56 Å². The number of carbonyl (C=O) groups excluding carboxylic acids is 1. The molecule has 1 aliphatic rings. The van der Waals surface area contributed by atoms with E-state index < -0.39 is 6.10 Å². The van der Waals surface area contributed by atoms with E-state index in [0.717, 1.165) is 44.0 Å². The predicted molar refractivity (Wildman–Crippen MR) is 99.6 cm³/mol. The summed E-state index contributed by atoms with van der Waals surface area (Å²) in [7, 11) is 0. The summed E-state index contributed by atoms with van der Waals surface area (Å²) in [6, 6.07) is 18.3. The Kier molecular flexibility index (Phi) is 5.71. The molecule has 0 unspecified atom stereocenters. The lowest BCUT2D eigenvalue weighted by Gasteiger charge is -2.35. The summed E-state index contributed by atoms with van der Waals surface area (Å²) >= 11 is 0. The van der Waals surface area contributed by atoms with Crippen LogP contribution in [0, 0.1) is 6.92 Å². The van der Waals surface area contributed by atoms with Crippen molar-refractivity contribution in [2.75, 3.05) is 26.2 Å². The van der Waals surface area contributed by atoms with Gasteiger partial charge in [-0.05, 0) is 37.1 Å². The molecule has 1 amide bonds. The second kappa shape index (κ2) is 8.17. The lowest BCUT2D eigenvalue weighted by Crippen LogP contribution is -2.51. The van der Waals surface area contributed by atoms with Gasteiger partial charge in [0.15, 0.2) is 6.10 Å². The molecule has 4 nitrogen and oxygen atoms in total. The molecule has 2 aromatic carbocycles. The minimum atomic E-state index is -0.456. The first-order valence-corrected chi connectivity index (χ1v) is 8.90. The van der Waals surface area contributed by atoms with Gasteiger partial charge in [-0.2, -0.15) is 0 Å². The van der Waals surface area contributed by atoms with E-state index in [0.29, 0.717) is 0 Å². The van der Waals surface area contributed by atoms with Crippen LogP contribution in [0.5, 0.6) is 5.75 Å². The highest BCUT2D eigenvalue weighted by molar-refractivity contribution is 5.81. The van der Waals surface area contributed by atoms with Crippen LogP contribution in [0.1, 0.15) is 18.1 Å². The lowest BCUT2D eigenvalue weighted by molar-refractivity contribution is -0.139. The molecule has 3 rings (SSSR count). The van der Waals surface area contributed by atoms with Gasteiger partial charge in [-0.1, -0.05) is 42.5 Å². The standard InChI is InChI=1S/C21H26N2O2/c1-17-7-6-10-20(15-17)25-18(2)21(24)23-13-11-22(12-14-23)16-19-8-4-3-5-9-19/h3-10,15,18H,11-14,16H2,1-2H3/t18-/m0/s1. The van der Waals surface area contributed by atoms with E-state index in [1.54, 1.807) is 0 Å². The maximum atomic E-state index is 12.6. The quantitative estimate of drug-likeness (QED) is 0.840. The van der Waals surface area contributed by atoms with Gasteiger partial charge in [0.1, 0.15) is 5.75 Å². The molecule has 1 atom stereocenters. The third-order valence-corrected chi connectivity index (χ3v) is 4.58. The van der Waals surface area contributed by atoms with Gasteiger partial charge >= 0.3 is 0 Å². The van der Waals surface area contributed by atoms with Gasteiger partial charge in [-0.25, -0.2) is 0 Å². The zero-order valence-corrected chi connectivity index (χ0v) is 15.0. The van der Waals surface area contributed by atoms with Gasteiger partial charge in [0.2, 0.25) is 0 Å². The number of hydrogen-bond donors (Lipinski definition) is 0. The molecule has 2 aromatic rings. The third kappa shape index (κ3) is 4.83. The molecule has 0 radical (unpaired) electrons. The molecule has 4 heteroatoms. The number of ether oxygens (including phenoxy) is 1. The zero-order chi connectivity index (χ0) is 17.6. The number of carbonyl (C=O) groups is 1. The van der Waals surface area contributed by atoms with Crippen molar-refractivity contribution < 1.29 is 9.53 Å². The molecule has 0 saturated carbocycles. The van der Waals surface area contributed by atoms with Crippen LogP contribution in [-0.2, 0) is 11.3 Å². The van der Waals surface area contributed by atoms with Gasteiger partial charge < -0.3 is 9.64 Å². The van der Waals surface area contributed by atoms with E-state index in [9.17, 15) is 4.79 Å². The van der Waals surface area contributed by atoms with Crippen molar-refractivity contribution in [3.05, 3.63) is 65.7 Å². The summed E-state index contributed by atoms with van der Waals surface area (Å²) < 4.78 is 5.83. The smallest absolute Gasteiger partial charge is 0.263 e. The Hall–Kier alpha value is -2.33. The summed E-state index contributed by atoms with van der Waals surface area (Å²) in [5.41, 5.74) is 2.45. The van der Waals surface area contributed by atoms with Crippen molar-refractivity contribution >= 4 is 5.91 Å². The first-order valence-electron chi connectivity index (χ1n) is 8.90. The molecular weight excluding hydrogens is 312 g/mol. The van der Waals surface area contributed by atoms with Crippen LogP contribution >= 0.6 is 0 Å². The van der Waals surface area contributed by atoms with Crippen molar-refractivity contribution in [2.45, 2.75) is 26.5 Å². The second-order valence-electron chi connectivity index (χ2n) is 6.66. The maximum Gasteiger partial charge on any atom is 0.263 e. The highest BCUT2D eigenvalue weighted by atomic mass is 16.5. The second-order valence-corrected chi connectivity index (χ2v) is 6.66. The Morgan fingerprint density at radius 3 is 2.44 bits per heavy atom. The van der Waals surface area contributed by atoms with Gasteiger partial charge in [0.05, 0.1) is 0 Å². The van der Waals surface area contributed by atoms with E-state index in [1.807, 2.05) is 49.1 Å². The molecule has 1 fully saturated rings. The number of aryl methyl sites for hydroxylation is 1. The monoisotopic (exact) mass is 338 g/mol. The van der Waals surface area contributed by atoms with Gasteiger partial charge in [-0.3, -0.25) is 9.69 Å². The minimum Gasteiger partial charge on any atom is -0.481 e. The summed E-state index contributed by atoms with van der Waals surface area (Å²) in [6.45, 7) is 8.11. The van der Waals surface area contributed by atoms with E-state index in [2.05, 4.69) is 29.2 Å². The topological polar surface area (TPSA) is 32.8 Å². The summed E-state index contributed by atoms with van der Waals surface area (Å²) in [5.74, 6) is 0.824. The summed E-state index contributed by atoms with van der Waals surface area (Å²) in [6.07, 6.45) is -0.456. The van der Waals surface area contributed by atoms with Gasteiger partial charge in [0.25, 0.3) is 5.91 Å². The fraction of sp³-hybridized carbons (Fsp3) is 0.381. The van der Waals surface area contributed by atoms with Crippen molar-refractivity contribution in [1.29, 1.82) is 0 Å². The normalized spacial score (nSPS) is 16.5. The highest BCUT2D eigenvalue weighted by Crippen LogP contribution is 2.16. The van der Waals surface area contributed by atoms with E-state index in [-0.39, 0.29) is 5.91 Å². The van der Waals surface area contributed by atoms with Crippen molar-refractivity contribution in [2.24, 2.45) is 0 Å². The van der Waals surface area contributed by atoms with Crippen LogP contribution in [0.2, 0.25) is 0 Å². The van der Waals surface area contributed by atoms with Gasteiger partial charge in [0, 0.05) is 32.7 Å². The number of benzene rings is 2. The molecule has 132 valence electrons. The third-order valence-electron chi connectivity index (χ3n) is 4.58. The minimum absolute atomic E-state index is 0.0702. The fourth-order valence-electron chi connectivity index (χ4n) is 3.17. The number of rotatable bonds is 5. The molecule has 1 heterocycles. The molecule has 0 bridgehead atoms. The number of amides is 1. The van der Waals surface area contributed by atoms with Crippen LogP contribution < -0.4 is 4.74 Å². The highest BCUT2D eigenvalue weighted by Gasteiger charge is 2.26. The molecule has 0 aliphatic carbocycles. The average molecular weight is 338 g/mol. The largest absolute Gasteiger partial charge is 0.481 e. The van der Waals surface area contributed by atoms with Crippen LogP contribution in [0.25, 0.3) is 0 Å².